The van der Waals surface area contributed by atoms with Crippen molar-refractivity contribution in [1.29, 1.82) is 0 Å². The zero-order valence-corrected chi connectivity index (χ0v) is 7.58. The normalized spacial score (nSPS) is 8.25. The Morgan fingerprint density at radius 1 is 1.42 bits per heavy atom. The fourth-order valence-corrected chi connectivity index (χ4v) is 0.645. The molecule has 0 aliphatic heterocycles. The molecule has 2 nitrogen and oxygen atoms in total. The summed E-state index contributed by atoms with van der Waals surface area (Å²) in [6, 6.07) is 7.46. The maximum absolute atomic E-state index is 10.1. The van der Waals surface area contributed by atoms with Crippen LogP contribution in [0.5, 0.6) is 0 Å². The van der Waals surface area contributed by atoms with Gasteiger partial charge in [0.15, 0.2) is 0 Å². The van der Waals surface area contributed by atoms with Crippen molar-refractivity contribution in [3.05, 3.63) is 35.4 Å². The van der Waals surface area contributed by atoms with Crippen LogP contribution in [0.25, 0.3) is 0 Å². The molecule has 0 heterocycles. The Kier molecular flexibility index (Phi) is 5.93. The standard InChI is InChI=1S/C8H8O.C2H7N.H2/c1-7-2-4-8(6-9)5-3-7;1-2-3;/h2-6H,1H3;2-3H2,1H3;1H. The molecule has 68 valence electrons. The van der Waals surface area contributed by atoms with Gasteiger partial charge in [-0.05, 0) is 13.5 Å². The molecule has 0 saturated carbocycles. The van der Waals surface area contributed by atoms with E-state index in [-0.39, 0.29) is 1.43 Å². The van der Waals surface area contributed by atoms with E-state index in [4.69, 9.17) is 5.73 Å². The van der Waals surface area contributed by atoms with Crippen LogP contribution in [0, 0.1) is 6.92 Å². The van der Waals surface area contributed by atoms with Crippen LogP contribution in [-0.2, 0) is 0 Å². The number of nitrogens with two attached hydrogens (primary N) is 1. The van der Waals surface area contributed by atoms with Gasteiger partial charge in [-0.3, -0.25) is 4.79 Å². The van der Waals surface area contributed by atoms with Gasteiger partial charge >= 0.3 is 0 Å². The minimum Gasteiger partial charge on any atom is -0.331 e. The number of aryl methyl sites for hydroxylation is 1. The van der Waals surface area contributed by atoms with Crippen molar-refractivity contribution in [2.45, 2.75) is 13.8 Å². The summed E-state index contributed by atoms with van der Waals surface area (Å²) >= 11 is 0. The van der Waals surface area contributed by atoms with Crippen molar-refractivity contribution in [1.82, 2.24) is 0 Å². The third-order valence-corrected chi connectivity index (χ3v) is 1.21. The minimum absolute atomic E-state index is 0. The predicted molar refractivity (Wildman–Crippen MR) is 53.4 cm³/mol. The zero-order valence-electron chi connectivity index (χ0n) is 7.58. The number of hydrogen-bond donors (Lipinski definition) is 1. The number of carbonyl (C=O) groups is 1. The van der Waals surface area contributed by atoms with Gasteiger partial charge in [0, 0.05) is 6.99 Å². The summed E-state index contributed by atoms with van der Waals surface area (Å²) in [5, 5.41) is 0. The van der Waals surface area contributed by atoms with Crippen LogP contribution in [0.1, 0.15) is 24.3 Å². The Morgan fingerprint density at radius 3 is 2.17 bits per heavy atom. The molecular formula is C10H17NO. The molecule has 12 heavy (non-hydrogen) atoms. The van der Waals surface area contributed by atoms with E-state index < -0.39 is 0 Å². The lowest BCUT2D eigenvalue weighted by Gasteiger charge is -1.89. The Labute approximate surface area is 74.9 Å². The predicted octanol–water partition coefficient (Wildman–Crippen LogP) is 2.02. The molecule has 1 aromatic carbocycles. The lowest BCUT2D eigenvalue weighted by atomic mass is 10.2. The summed E-state index contributed by atoms with van der Waals surface area (Å²) in [6.07, 6.45) is 0.847. The van der Waals surface area contributed by atoms with Gasteiger partial charge in [-0.1, -0.05) is 36.8 Å². The first-order valence-electron chi connectivity index (χ1n) is 3.96. The molecule has 0 aromatic heterocycles. The molecule has 0 aliphatic carbocycles. The van der Waals surface area contributed by atoms with Crippen molar-refractivity contribution in [2.75, 3.05) is 6.54 Å². The Hall–Kier alpha value is -1.15. The van der Waals surface area contributed by atoms with Crippen LogP contribution in [0.15, 0.2) is 24.3 Å². The van der Waals surface area contributed by atoms with Crippen LogP contribution in [0.2, 0.25) is 0 Å². The van der Waals surface area contributed by atoms with Gasteiger partial charge in [0.25, 0.3) is 0 Å². The Bertz CT molecular complexity index is 221. The Morgan fingerprint density at radius 2 is 1.83 bits per heavy atom. The van der Waals surface area contributed by atoms with Crippen molar-refractivity contribution < 1.29 is 6.22 Å². The SMILES string of the molecule is CCN.Cc1ccc(C=O)cc1.[HH]. The van der Waals surface area contributed by atoms with Gasteiger partial charge in [-0.25, -0.2) is 0 Å². The summed E-state index contributed by atoms with van der Waals surface area (Å²) < 4.78 is 0. The molecule has 0 aliphatic rings. The number of rotatable bonds is 1. The summed E-state index contributed by atoms with van der Waals surface area (Å²) in [7, 11) is 0. The topological polar surface area (TPSA) is 43.1 Å². The first-order valence-corrected chi connectivity index (χ1v) is 3.96. The van der Waals surface area contributed by atoms with Gasteiger partial charge in [0.05, 0.1) is 0 Å². The second kappa shape index (κ2) is 6.55. The van der Waals surface area contributed by atoms with E-state index in [9.17, 15) is 4.79 Å². The lowest BCUT2D eigenvalue weighted by Crippen LogP contribution is -1.87. The fourth-order valence-electron chi connectivity index (χ4n) is 0.645. The molecule has 0 amide bonds. The van der Waals surface area contributed by atoms with Crippen LogP contribution in [0.4, 0.5) is 0 Å². The summed E-state index contributed by atoms with van der Waals surface area (Å²) in [5.74, 6) is 0. The molecule has 0 bridgehead atoms. The van der Waals surface area contributed by atoms with E-state index in [2.05, 4.69) is 0 Å². The van der Waals surface area contributed by atoms with Gasteiger partial charge in [0.1, 0.15) is 6.29 Å². The molecule has 0 radical (unpaired) electrons. The van der Waals surface area contributed by atoms with Crippen molar-refractivity contribution in [3.63, 3.8) is 0 Å². The second-order valence-corrected chi connectivity index (χ2v) is 2.44. The molecule has 1 rings (SSSR count). The van der Waals surface area contributed by atoms with Gasteiger partial charge in [0.2, 0.25) is 0 Å². The molecular weight excluding hydrogens is 150 g/mol. The fraction of sp³-hybridized carbons (Fsp3) is 0.300. The minimum atomic E-state index is 0. The quantitative estimate of drug-likeness (QED) is 0.650. The van der Waals surface area contributed by atoms with E-state index in [1.165, 1.54) is 5.56 Å². The van der Waals surface area contributed by atoms with Gasteiger partial charge in [-0.2, -0.15) is 0 Å². The average Bonchev–Trinajstić information content (AvgIpc) is 2.07. The highest BCUT2D eigenvalue weighted by Gasteiger charge is 1.85. The number of carbonyl (C=O) groups excluding carboxylic acids is 1. The zero-order chi connectivity index (χ0) is 9.40. The van der Waals surface area contributed by atoms with E-state index >= 15 is 0 Å². The maximum Gasteiger partial charge on any atom is 0.150 e. The van der Waals surface area contributed by atoms with Crippen LogP contribution in [-0.4, -0.2) is 12.8 Å². The molecule has 0 unspecified atom stereocenters. The summed E-state index contributed by atoms with van der Waals surface area (Å²) in [6.45, 7) is 4.65. The monoisotopic (exact) mass is 167 g/mol. The second-order valence-electron chi connectivity index (χ2n) is 2.44. The lowest BCUT2D eigenvalue weighted by molar-refractivity contribution is 0.112. The highest BCUT2D eigenvalue weighted by atomic mass is 16.1. The molecule has 0 atom stereocenters. The highest BCUT2D eigenvalue weighted by molar-refractivity contribution is 5.74. The first kappa shape index (κ1) is 10.8. The smallest absolute Gasteiger partial charge is 0.150 e. The van der Waals surface area contributed by atoms with Gasteiger partial charge < -0.3 is 5.73 Å². The number of hydrogen-bond acceptors (Lipinski definition) is 2. The van der Waals surface area contributed by atoms with Crippen molar-refractivity contribution in [2.24, 2.45) is 5.73 Å². The van der Waals surface area contributed by atoms with Crippen molar-refractivity contribution in [3.8, 4) is 0 Å². The third kappa shape index (κ3) is 4.63. The molecule has 0 fully saturated rings. The summed E-state index contributed by atoms with van der Waals surface area (Å²) in [5.41, 5.74) is 6.76. The molecule has 0 spiro atoms. The molecule has 0 saturated heterocycles. The average molecular weight is 167 g/mol. The van der Waals surface area contributed by atoms with E-state index in [0.29, 0.717) is 0 Å². The van der Waals surface area contributed by atoms with Crippen LogP contribution in [0.3, 0.4) is 0 Å². The first-order chi connectivity index (χ1) is 5.74. The molecule has 2 heteroatoms. The molecule has 1 aromatic rings. The van der Waals surface area contributed by atoms with E-state index in [0.717, 1.165) is 18.4 Å². The van der Waals surface area contributed by atoms with E-state index in [1.54, 1.807) is 0 Å². The largest absolute Gasteiger partial charge is 0.331 e. The molecule has 2 N–H and O–H groups in total. The summed E-state index contributed by atoms with van der Waals surface area (Å²) in [4.78, 5) is 10.1. The number of aldehydes is 1. The van der Waals surface area contributed by atoms with Crippen LogP contribution >= 0.6 is 0 Å². The number of benzene rings is 1. The van der Waals surface area contributed by atoms with E-state index in [1.807, 2.05) is 38.1 Å². The van der Waals surface area contributed by atoms with Crippen molar-refractivity contribution >= 4 is 6.29 Å². The Balaban J connectivity index is 0. The highest BCUT2D eigenvalue weighted by Crippen LogP contribution is 1.98. The van der Waals surface area contributed by atoms with Crippen LogP contribution < -0.4 is 5.73 Å². The van der Waals surface area contributed by atoms with Gasteiger partial charge in [-0.15, -0.1) is 0 Å². The third-order valence-electron chi connectivity index (χ3n) is 1.21. The maximum atomic E-state index is 10.1.